The van der Waals surface area contributed by atoms with Crippen LogP contribution in [0.15, 0.2) is 0 Å². The molecular weight excluding hydrogens is 710 g/mol. The number of hydrogen-bond acceptors (Lipinski definition) is 14. The summed E-state index contributed by atoms with van der Waals surface area (Å²) in [5.74, 6) is -5.90. The van der Waals surface area contributed by atoms with Crippen molar-refractivity contribution in [3.8, 4) is 0 Å². The number of amides is 7. The van der Waals surface area contributed by atoms with E-state index < -0.39 is 96.2 Å². The average molecular weight is 774 g/mol. The summed E-state index contributed by atoms with van der Waals surface area (Å²) >= 11 is 0. The Labute approximate surface area is 315 Å². The van der Waals surface area contributed by atoms with Gasteiger partial charge < -0.3 is 69.7 Å². The summed E-state index contributed by atoms with van der Waals surface area (Å²) in [4.78, 5) is 94.4. The highest BCUT2D eigenvalue weighted by molar-refractivity contribution is 5.97. The molecule has 0 aromatic carbocycles. The number of rotatable bonds is 13. The molecule has 0 bridgehead atoms. The molecule has 0 radical (unpaired) electrons. The van der Waals surface area contributed by atoms with Crippen molar-refractivity contribution in [3.05, 3.63) is 0 Å². The van der Waals surface area contributed by atoms with E-state index >= 15 is 0 Å². The summed E-state index contributed by atoms with van der Waals surface area (Å²) in [7, 11) is 0. The van der Waals surface area contributed by atoms with Gasteiger partial charge >= 0.3 is 0 Å². The molecule has 54 heavy (non-hydrogen) atoms. The van der Waals surface area contributed by atoms with Crippen LogP contribution in [0.25, 0.3) is 0 Å². The summed E-state index contributed by atoms with van der Waals surface area (Å²) in [5.41, 5.74) is 17.2. The standard InChI is InChI=1S/C33H63N11O10/c1-16(2)14-23-30(50)40-19(6-10-34)26(46)39-21(8-12-36)29(49)44-25(18(5)45)32(52)37-13-9-22(43-33(53)54)28(48)38-20(7-11-35)27(47)41-24(15-17(3)4)31(51)42-23/h16-25,33,43,45,53-54H,6-15,34-36H2,1-5H3,(H,37,52)(H,38,48)(H,39,46)(H,40,50)(H,41,47)(H,42,51)(H,44,49)/t18-,19+,20+,21+,22+,23+,24-,25+/m1/s1. The molecule has 1 aliphatic heterocycles. The molecule has 21 nitrogen and oxygen atoms in total. The largest absolute Gasteiger partial charge is 0.391 e. The second-order valence-electron chi connectivity index (χ2n) is 14.2. The molecule has 0 aromatic rings. The maximum absolute atomic E-state index is 13.7. The van der Waals surface area contributed by atoms with Crippen molar-refractivity contribution in [1.29, 1.82) is 0 Å². The lowest BCUT2D eigenvalue weighted by molar-refractivity contribution is -0.136. The lowest BCUT2D eigenvalue weighted by Gasteiger charge is -2.28. The molecule has 8 atom stereocenters. The molecule has 0 spiro atoms. The van der Waals surface area contributed by atoms with Gasteiger partial charge in [0.15, 0.2) is 0 Å². The first-order chi connectivity index (χ1) is 25.3. The lowest BCUT2D eigenvalue weighted by atomic mass is 9.99. The number of carbonyl (C=O) groups excluding carboxylic acids is 7. The monoisotopic (exact) mass is 773 g/mol. The normalized spacial score (nSPS) is 27.0. The van der Waals surface area contributed by atoms with Gasteiger partial charge in [-0.05, 0) is 76.9 Å². The molecule has 0 aromatic heterocycles. The zero-order chi connectivity index (χ0) is 41.1. The van der Waals surface area contributed by atoms with E-state index in [1.54, 1.807) is 0 Å². The predicted octanol–water partition coefficient (Wildman–Crippen LogP) is -5.84. The topological polar surface area (TPSA) is 354 Å². The Morgan fingerprint density at radius 3 is 1.26 bits per heavy atom. The van der Waals surface area contributed by atoms with Crippen LogP contribution in [0.2, 0.25) is 0 Å². The number of nitrogens with one attached hydrogen (secondary N) is 8. The van der Waals surface area contributed by atoms with E-state index in [-0.39, 0.29) is 76.5 Å². The van der Waals surface area contributed by atoms with E-state index in [2.05, 4.69) is 42.5 Å². The first-order valence-electron chi connectivity index (χ1n) is 18.3. The number of carbonyl (C=O) groups is 7. The van der Waals surface area contributed by atoms with Crippen LogP contribution in [-0.2, 0) is 33.6 Å². The van der Waals surface area contributed by atoms with Gasteiger partial charge in [0.25, 0.3) is 0 Å². The highest BCUT2D eigenvalue weighted by atomic mass is 16.5. The third kappa shape index (κ3) is 17.0. The molecule has 310 valence electrons. The molecule has 0 unspecified atom stereocenters. The maximum Gasteiger partial charge on any atom is 0.245 e. The van der Waals surface area contributed by atoms with E-state index in [0.29, 0.717) is 0 Å². The van der Waals surface area contributed by atoms with Crippen LogP contribution in [0.4, 0.5) is 0 Å². The first-order valence-corrected chi connectivity index (χ1v) is 18.3. The second-order valence-corrected chi connectivity index (χ2v) is 14.2. The van der Waals surface area contributed by atoms with Gasteiger partial charge in [-0.1, -0.05) is 27.7 Å². The van der Waals surface area contributed by atoms with E-state index in [0.717, 1.165) is 0 Å². The van der Waals surface area contributed by atoms with E-state index in [4.69, 9.17) is 17.2 Å². The molecule has 0 saturated carbocycles. The highest BCUT2D eigenvalue weighted by Gasteiger charge is 2.35. The first kappa shape index (κ1) is 48.0. The van der Waals surface area contributed by atoms with Crippen LogP contribution >= 0.6 is 0 Å². The van der Waals surface area contributed by atoms with Crippen molar-refractivity contribution in [2.45, 2.75) is 128 Å². The molecule has 17 N–H and O–H groups in total. The van der Waals surface area contributed by atoms with Gasteiger partial charge in [0.05, 0.1) is 12.1 Å². The molecule has 1 rings (SSSR count). The Bertz CT molecular complexity index is 1250. The van der Waals surface area contributed by atoms with Crippen molar-refractivity contribution in [1.82, 2.24) is 42.5 Å². The molecule has 1 heterocycles. The fourth-order valence-electron chi connectivity index (χ4n) is 5.65. The Hall–Kier alpha value is -3.99. The van der Waals surface area contributed by atoms with Crippen molar-refractivity contribution < 1.29 is 48.9 Å². The van der Waals surface area contributed by atoms with Crippen LogP contribution in [0.1, 0.15) is 73.1 Å². The number of hydrogen-bond donors (Lipinski definition) is 14. The third-order valence-electron chi connectivity index (χ3n) is 8.41. The van der Waals surface area contributed by atoms with Gasteiger partial charge in [-0.3, -0.25) is 38.9 Å². The molecular formula is C33H63N11O10. The van der Waals surface area contributed by atoms with Crippen LogP contribution in [0, 0.1) is 11.8 Å². The summed E-state index contributed by atoms with van der Waals surface area (Å²) in [6.45, 7) is 8.01. The summed E-state index contributed by atoms with van der Waals surface area (Å²) < 4.78 is 0. The summed E-state index contributed by atoms with van der Waals surface area (Å²) in [5, 5.41) is 49.6. The smallest absolute Gasteiger partial charge is 0.245 e. The van der Waals surface area contributed by atoms with Gasteiger partial charge in [-0.2, -0.15) is 0 Å². The fourth-order valence-corrected chi connectivity index (χ4v) is 5.65. The number of nitrogens with two attached hydrogens (primary N) is 3. The molecule has 1 aliphatic rings. The van der Waals surface area contributed by atoms with E-state index in [1.807, 2.05) is 27.7 Å². The molecule has 1 fully saturated rings. The van der Waals surface area contributed by atoms with Crippen LogP contribution < -0.4 is 59.7 Å². The minimum atomic E-state index is -2.18. The Morgan fingerprint density at radius 2 is 0.907 bits per heavy atom. The predicted molar refractivity (Wildman–Crippen MR) is 196 cm³/mol. The lowest BCUT2D eigenvalue weighted by Crippen LogP contribution is -2.61. The molecule has 1 saturated heterocycles. The van der Waals surface area contributed by atoms with Crippen molar-refractivity contribution in [2.24, 2.45) is 29.0 Å². The van der Waals surface area contributed by atoms with Crippen LogP contribution in [0.3, 0.4) is 0 Å². The van der Waals surface area contributed by atoms with E-state index in [1.165, 1.54) is 6.92 Å². The Morgan fingerprint density at radius 1 is 0.556 bits per heavy atom. The number of aliphatic hydroxyl groups is 3. The van der Waals surface area contributed by atoms with Gasteiger partial charge in [-0.25, -0.2) is 0 Å². The highest BCUT2D eigenvalue weighted by Crippen LogP contribution is 2.11. The Balaban J connectivity index is 3.72. The molecule has 0 aliphatic carbocycles. The summed E-state index contributed by atoms with van der Waals surface area (Å²) in [6, 6.07) is -9.15. The second kappa shape index (κ2) is 24.4. The zero-order valence-electron chi connectivity index (χ0n) is 31.9. The fraction of sp³-hybridized carbons (Fsp3) is 0.788. The third-order valence-corrected chi connectivity index (χ3v) is 8.41. The Kier molecular flexibility index (Phi) is 21.7. The minimum absolute atomic E-state index is 0.0474. The van der Waals surface area contributed by atoms with Gasteiger partial charge in [-0.15, -0.1) is 0 Å². The van der Waals surface area contributed by atoms with Crippen molar-refractivity contribution in [2.75, 3.05) is 26.2 Å². The van der Waals surface area contributed by atoms with Crippen LogP contribution in [0.5, 0.6) is 0 Å². The van der Waals surface area contributed by atoms with Crippen LogP contribution in [-0.4, -0.2) is 138 Å². The maximum atomic E-state index is 13.7. The minimum Gasteiger partial charge on any atom is -0.391 e. The quantitative estimate of drug-likeness (QED) is 0.0776. The van der Waals surface area contributed by atoms with Crippen molar-refractivity contribution in [3.63, 3.8) is 0 Å². The molecule has 21 heteroatoms. The SMILES string of the molecule is CC(C)C[C@@H]1NC(=O)[C@@H](CC(C)C)NC(=O)[C@H](CCN)NC(=O)[C@@H](NC(O)O)CCNC(=O)[C@H]([C@@H](C)O)NC(=O)[C@H](CCN)NC(=O)[C@H](CCN)NC1=O. The summed E-state index contributed by atoms with van der Waals surface area (Å²) in [6.07, 6.45) is -3.86. The van der Waals surface area contributed by atoms with Crippen molar-refractivity contribution >= 4 is 41.4 Å². The molecule has 7 amide bonds. The van der Waals surface area contributed by atoms with Gasteiger partial charge in [0.2, 0.25) is 47.8 Å². The number of aliphatic hydroxyl groups excluding tert-OH is 2. The zero-order valence-corrected chi connectivity index (χ0v) is 31.9. The van der Waals surface area contributed by atoms with E-state index in [9.17, 15) is 48.9 Å². The van der Waals surface area contributed by atoms with Gasteiger partial charge in [0.1, 0.15) is 36.3 Å². The average Bonchev–Trinajstić information content (AvgIpc) is 3.07. The van der Waals surface area contributed by atoms with Gasteiger partial charge in [0, 0.05) is 6.54 Å².